The summed E-state index contributed by atoms with van der Waals surface area (Å²) in [7, 11) is -3.78. The van der Waals surface area contributed by atoms with Gasteiger partial charge in [-0.15, -0.1) is 0 Å². The van der Waals surface area contributed by atoms with Crippen molar-refractivity contribution < 1.29 is 27.5 Å². The maximum absolute atomic E-state index is 12.8. The molecule has 2 rings (SSSR count). The van der Waals surface area contributed by atoms with Gasteiger partial charge in [-0.25, -0.2) is 17.5 Å². The van der Waals surface area contributed by atoms with Crippen LogP contribution in [0.2, 0.25) is 0 Å². The normalized spacial score (nSPS) is 20.8. The van der Waals surface area contributed by atoms with E-state index in [1.54, 1.807) is 0 Å². The Morgan fingerprint density at radius 1 is 1.12 bits per heavy atom. The van der Waals surface area contributed by atoms with E-state index in [1.807, 2.05) is 0 Å². The first kappa shape index (κ1) is 19.3. The topological polar surface area (TPSA) is 113 Å². The lowest BCUT2D eigenvalue weighted by Gasteiger charge is -2.26. The maximum atomic E-state index is 12.8. The summed E-state index contributed by atoms with van der Waals surface area (Å²) in [6.07, 6.45) is 2.22. The van der Waals surface area contributed by atoms with Gasteiger partial charge in [0.2, 0.25) is 15.9 Å². The summed E-state index contributed by atoms with van der Waals surface area (Å²) >= 11 is 0. The first-order valence-electron chi connectivity index (χ1n) is 8.05. The van der Waals surface area contributed by atoms with Crippen LogP contribution in [0.1, 0.15) is 32.1 Å². The fraction of sp³-hybridized carbons (Fsp3) is 0.500. The highest BCUT2D eigenvalue weighted by atomic mass is 32.2. The fourth-order valence-electron chi connectivity index (χ4n) is 2.78. The molecule has 7 nitrogen and oxygen atoms in total. The van der Waals surface area contributed by atoms with Crippen molar-refractivity contribution in [2.24, 2.45) is 5.92 Å². The third-order valence-electron chi connectivity index (χ3n) is 4.21. The molecule has 1 aliphatic rings. The van der Waals surface area contributed by atoms with Crippen LogP contribution in [0, 0.1) is 11.7 Å². The molecule has 0 saturated heterocycles. The molecule has 1 amide bonds. The average molecular weight is 372 g/mol. The number of benzene rings is 1. The third-order valence-corrected chi connectivity index (χ3v) is 5.69. The smallest absolute Gasteiger partial charge is 0.306 e. The second-order valence-electron chi connectivity index (χ2n) is 6.06. The Labute approximate surface area is 145 Å². The number of rotatable bonds is 7. The van der Waals surface area contributed by atoms with Crippen LogP contribution in [0.25, 0.3) is 0 Å². The van der Waals surface area contributed by atoms with Gasteiger partial charge in [-0.1, -0.05) is 0 Å². The SMILES string of the molecule is O=C(CCNS(=O)(=O)c1ccc(F)cc1)NC1CCC(C(=O)O)CC1. The number of carboxylic acid groups (broad SMARTS) is 1. The van der Waals surface area contributed by atoms with Gasteiger partial charge >= 0.3 is 5.97 Å². The van der Waals surface area contributed by atoms with Crippen molar-refractivity contribution in [3.8, 4) is 0 Å². The Bertz CT molecular complexity index is 713. The number of aliphatic carboxylic acids is 1. The molecule has 0 spiro atoms. The zero-order chi connectivity index (χ0) is 18.4. The molecule has 0 bridgehead atoms. The van der Waals surface area contributed by atoms with Gasteiger partial charge in [-0.05, 0) is 49.9 Å². The second-order valence-corrected chi connectivity index (χ2v) is 7.82. The van der Waals surface area contributed by atoms with Crippen molar-refractivity contribution in [1.29, 1.82) is 0 Å². The molecule has 0 aromatic heterocycles. The summed E-state index contributed by atoms with van der Waals surface area (Å²) in [5.74, 6) is -1.98. The van der Waals surface area contributed by atoms with Crippen LogP contribution in [0.5, 0.6) is 0 Å². The third kappa shape index (κ3) is 5.79. The number of sulfonamides is 1. The van der Waals surface area contributed by atoms with Crippen LogP contribution in [0.3, 0.4) is 0 Å². The number of carboxylic acids is 1. The number of carbonyl (C=O) groups is 2. The highest BCUT2D eigenvalue weighted by molar-refractivity contribution is 7.89. The molecule has 0 aliphatic heterocycles. The van der Waals surface area contributed by atoms with Crippen molar-refractivity contribution >= 4 is 21.9 Å². The van der Waals surface area contributed by atoms with E-state index in [0.717, 1.165) is 24.3 Å². The Morgan fingerprint density at radius 3 is 2.28 bits per heavy atom. The quantitative estimate of drug-likeness (QED) is 0.667. The van der Waals surface area contributed by atoms with Gasteiger partial charge in [-0.2, -0.15) is 0 Å². The van der Waals surface area contributed by atoms with Gasteiger partial charge in [0.1, 0.15) is 5.82 Å². The van der Waals surface area contributed by atoms with Gasteiger partial charge in [0.05, 0.1) is 10.8 Å². The van der Waals surface area contributed by atoms with Crippen LogP contribution in [-0.2, 0) is 19.6 Å². The van der Waals surface area contributed by atoms with E-state index in [1.165, 1.54) is 0 Å². The minimum atomic E-state index is -3.78. The van der Waals surface area contributed by atoms with Crippen molar-refractivity contribution in [1.82, 2.24) is 10.0 Å². The van der Waals surface area contributed by atoms with E-state index in [4.69, 9.17) is 5.11 Å². The number of nitrogens with one attached hydrogen (secondary N) is 2. The van der Waals surface area contributed by atoms with Gasteiger partial charge in [0, 0.05) is 19.0 Å². The Kier molecular flexibility index (Phi) is 6.49. The summed E-state index contributed by atoms with van der Waals surface area (Å²) in [6, 6.07) is 4.33. The zero-order valence-corrected chi connectivity index (χ0v) is 14.4. The Morgan fingerprint density at radius 2 is 1.72 bits per heavy atom. The molecule has 1 aliphatic carbocycles. The molecule has 0 heterocycles. The van der Waals surface area contributed by atoms with E-state index >= 15 is 0 Å². The number of halogens is 1. The number of carbonyl (C=O) groups excluding carboxylic acids is 1. The molecule has 1 aromatic rings. The van der Waals surface area contributed by atoms with E-state index in [0.29, 0.717) is 25.7 Å². The van der Waals surface area contributed by atoms with Crippen LogP contribution in [0.4, 0.5) is 4.39 Å². The highest BCUT2D eigenvalue weighted by Gasteiger charge is 2.26. The number of hydrogen-bond donors (Lipinski definition) is 3. The van der Waals surface area contributed by atoms with Crippen molar-refractivity contribution in [2.75, 3.05) is 6.54 Å². The summed E-state index contributed by atoms with van der Waals surface area (Å²) in [5.41, 5.74) is 0. The van der Waals surface area contributed by atoms with E-state index < -0.39 is 21.8 Å². The number of amides is 1. The zero-order valence-electron chi connectivity index (χ0n) is 13.6. The monoisotopic (exact) mass is 372 g/mol. The molecule has 0 atom stereocenters. The molecular formula is C16H21FN2O5S. The molecular weight excluding hydrogens is 351 g/mol. The first-order chi connectivity index (χ1) is 11.8. The first-order valence-corrected chi connectivity index (χ1v) is 9.53. The maximum Gasteiger partial charge on any atom is 0.306 e. The standard InChI is InChI=1S/C16H21FN2O5S/c17-12-3-7-14(8-4-12)25(23,24)18-10-9-15(20)19-13-5-1-11(2-6-13)16(21)22/h3-4,7-8,11,13,18H,1-2,5-6,9-10H2,(H,19,20)(H,21,22). The van der Waals surface area contributed by atoms with E-state index in [-0.39, 0.29) is 35.7 Å². The molecule has 1 saturated carbocycles. The summed E-state index contributed by atoms with van der Waals surface area (Å²) in [4.78, 5) is 22.7. The van der Waals surface area contributed by atoms with Crippen LogP contribution >= 0.6 is 0 Å². The number of hydrogen-bond acceptors (Lipinski definition) is 4. The fourth-order valence-corrected chi connectivity index (χ4v) is 3.81. The van der Waals surface area contributed by atoms with Crippen molar-refractivity contribution in [3.63, 3.8) is 0 Å². The van der Waals surface area contributed by atoms with Gasteiger partial charge in [0.15, 0.2) is 0 Å². The molecule has 1 aromatic carbocycles. The lowest BCUT2D eigenvalue weighted by Crippen LogP contribution is -2.40. The largest absolute Gasteiger partial charge is 0.481 e. The predicted molar refractivity (Wildman–Crippen MR) is 87.7 cm³/mol. The molecule has 25 heavy (non-hydrogen) atoms. The Balaban J connectivity index is 1.73. The van der Waals surface area contributed by atoms with Crippen LogP contribution < -0.4 is 10.0 Å². The molecule has 1 fully saturated rings. The van der Waals surface area contributed by atoms with Gasteiger partial charge in [-0.3, -0.25) is 9.59 Å². The van der Waals surface area contributed by atoms with Gasteiger partial charge in [0.25, 0.3) is 0 Å². The average Bonchev–Trinajstić information content (AvgIpc) is 2.55. The molecule has 0 unspecified atom stereocenters. The minimum Gasteiger partial charge on any atom is -0.481 e. The van der Waals surface area contributed by atoms with Crippen LogP contribution in [-0.4, -0.2) is 38.0 Å². The Hall–Kier alpha value is -2.00. The lowest BCUT2D eigenvalue weighted by molar-refractivity contribution is -0.142. The molecule has 3 N–H and O–H groups in total. The van der Waals surface area contributed by atoms with E-state index in [9.17, 15) is 22.4 Å². The highest BCUT2D eigenvalue weighted by Crippen LogP contribution is 2.24. The summed E-state index contributed by atoms with van der Waals surface area (Å²) in [6.45, 7) is -0.0734. The molecule has 138 valence electrons. The summed E-state index contributed by atoms with van der Waals surface area (Å²) < 4.78 is 39.1. The van der Waals surface area contributed by atoms with Crippen LogP contribution in [0.15, 0.2) is 29.2 Å². The van der Waals surface area contributed by atoms with Gasteiger partial charge < -0.3 is 10.4 Å². The second kappa shape index (κ2) is 8.39. The van der Waals surface area contributed by atoms with E-state index in [2.05, 4.69) is 10.0 Å². The lowest BCUT2D eigenvalue weighted by atomic mass is 9.86. The minimum absolute atomic E-state index is 0.0285. The van der Waals surface area contributed by atoms with Crippen molar-refractivity contribution in [2.45, 2.75) is 43.0 Å². The molecule has 0 radical (unpaired) electrons. The van der Waals surface area contributed by atoms with Crippen molar-refractivity contribution in [3.05, 3.63) is 30.1 Å². The summed E-state index contributed by atoms with van der Waals surface area (Å²) in [5, 5.41) is 11.7. The molecule has 9 heteroatoms. The predicted octanol–water partition coefficient (Wildman–Crippen LogP) is 1.25.